The van der Waals surface area contributed by atoms with Crippen LogP contribution in [-0.2, 0) is 18.4 Å². The molecule has 0 saturated heterocycles. The Labute approximate surface area is 500 Å². The molecular weight excluding hydrogens is 1020 g/mol. The fourth-order valence-electron chi connectivity index (χ4n) is 8.97. The first-order valence-corrected chi connectivity index (χ1v) is 34.6. The van der Waals surface area contributed by atoms with E-state index in [-0.39, 0.29) is 19.1 Å². The predicted octanol–water partition coefficient (Wildman–Crippen LogP) is 21.0. The highest BCUT2D eigenvalue weighted by Crippen LogP contribution is 2.43. The van der Waals surface area contributed by atoms with E-state index < -0.39 is 20.0 Å². The van der Waals surface area contributed by atoms with Gasteiger partial charge in [-0.25, -0.2) is 4.57 Å². The minimum atomic E-state index is -4.38. The van der Waals surface area contributed by atoms with Crippen LogP contribution < -0.4 is 5.32 Å². The van der Waals surface area contributed by atoms with Crippen molar-refractivity contribution in [3.05, 3.63) is 134 Å². The van der Waals surface area contributed by atoms with E-state index in [4.69, 9.17) is 9.05 Å². The lowest BCUT2D eigenvalue weighted by molar-refractivity contribution is -0.870. The molecule has 0 aromatic rings. The molecule has 1 amide bonds. The number of hydrogen-bond acceptors (Lipinski definition) is 5. The lowest BCUT2D eigenvalue weighted by Crippen LogP contribution is -2.45. The van der Waals surface area contributed by atoms with Gasteiger partial charge in [-0.15, -0.1) is 0 Å². The molecule has 3 N–H and O–H groups in total. The summed E-state index contributed by atoms with van der Waals surface area (Å²) in [4.78, 5) is 23.4. The predicted molar refractivity (Wildman–Crippen MR) is 355 cm³/mol. The number of nitrogens with zero attached hydrogens (tertiary/aromatic N) is 1. The molecule has 0 saturated carbocycles. The monoisotopic (exact) mass is 1150 g/mol. The summed E-state index contributed by atoms with van der Waals surface area (Å²) in [6, 6.07) is -0.896. The number of allylic oxidation sites excluding steroid dienone is 21. The van der Waals surface area contributed by atoms with Gasteiger partial charge in [0, 0.05) is 6.42 Å². The summed E-state index contributed by atoms with van der Waals surface area (Å²) in [5.41, 5.74) is 0. The molecule has 0 aromatic heterocycles. The van der Waals surface area contributed by atoms with Gasteiger partial charge in [-0.2, -0.15) is 0 Å². The molecule has 9 heteroatoms. The maximum absolute atomic E-state index is 13.0. The standard InChI is InChI=1S/C72H125N2O6P/c1-6-8-10-12-14-16-18-20-22-24-26-28-30-32-34-36-38-39-41-43-45-47-49-51-53-55-57-59-61-63-65-71(75)70(69-80-81(77,78)79-68-67-74(3,4)5)73-72(76)66-64-62-60-58-56-54-52-50-48-46-44-42-40-37-35-33-31-29-27-25-23-21-19-17-15-13-11-9-7-2/h9,11,15,17,21,23,27,29,33,35,40,42,46-49,52,54-55,57,63,65,70-71,75H,6-8,10,12-14,16,18-20,22,24-26,28,30-32,34,36-39,41,43-45,50-51,53,56,58-62,64,66-69H2,1-5H3,(H-,73,76,77,78)/p+1/b11-9-,17-15-,23-21-,29-27-,35-33-,42-40-,48-46-,49-47+,54-52-,57-55+,65-63+. The molecule has 0 aliphatic rings. The molecular formula is C72H126N2O6P+. The zero-order valence-corrected chi connectivity index (χ0v) is 53.9. The number of unbranched alkanes of at least 4 members (excludes halogenated alkanes) is 26. The van der Waals surface area contributed by atoms with Gasteiger partial charge in [0.25, 0.3) is 0 Å². The molecule has 3 atom stereocenters. The summed E-state index contributed by atoms with van der Waals surface area (Å²) in [6.07, 6.45) is 93.0. The largest absolute Gasteiger partial charge is 0.472 e. The van der Waals surface area contributed by atoms with Gasteiger partial charge in [-0.3, -0.25) is 13.8 Å². The van der Waals surface area contributed by atoms with Crippen LogP contribution in [0.1, 0.15) is 264 Å². The normalized spacial score (nSPS) is 14.6. The van der Waals surface area contributed by atoms with Gasteiger partial charge in [-0.1, -0.05) is 282 Å². The van der Waals surface area contributed by atoms with Gasteiger partial charge in [0.1, 0.15) is 13.2 Å². The van der Waals surface area contributed by atoms with Crippen LogP contribution in [0.3, 0.4) is 0 Å². The van der Waals surface area contributed by atoms with Gasteiger partial charge in [0.15, 0.2) is 0 Å². The molecule has 0 radical (unpaired) electrons. The van der Waals surface area contributed by atoms with E-state index in [2.05, 4.69) is 141 Å². The van der Waals surface area contributed by atoms with Crippen LogP contribution in [0.2, 0.25) is 0 Å². The van der Waals surface area contributed by atoms with E-state index in [0.717, 1.165) is 109 Å². The number of aliphatic hydroxyl groups excluding tert-OH is 1. The Morgan fingerprint density at radius 1 is 0.432 bits per heavy atom. The highest BCUT2D eigenvalue weighted by Gasteiger charge is 2.27. The summed E-state index contributed by atoms with van der Waals surface area (Å²) in [6.45, 7) is 4.66. The first-order chi connectivity index (χ1) is 39.5. The number of rotatable bonds is 59. The first-order valence-electron chi connectivity index (χ1n) is 33.1. The summed E-state index contributed by atoms with van der Waals surface area (Å²) in [7, 11) is 1.51. The quantitative estimate of drug-likeness (QED) is 0.0243. The third-order valence-electron chi connectivity index (χ3n) is 14.1. The first kappa shape index (κ1) is 77.6. The number of aliphatic hydroxyl groups is 1. The molecule has 464 valence electrons. The molecule has 0 aliphatic heterocycles. The lowest BCUT2D eigenvalue weighted by Gasteiger charge is -2.25. The number of phosphoric ester groups is 1. The van der Waals surface area contributed by atoms with Crippen molar-refractivity contribution in [3.63, 3.8) is 0 Å². The Bertz CT molecular complexity index is 1780. The zero-order valence-electron chi connectivity index (χ0n) is 53.0. The van der Waals surface area contributed by atoms with E-state index in [1.54, 1.807) is 6.08 Å². The van der Waals surface area contributed by atoms with Gasteiger partial charge in [0.2, 0.25) is 5.91 Å². The van der Waals surface area contributed by atoms with Crippen molar-refractivity contribution in [1.82, 2.24) is 5.32 Å². The van der Waals surface area contributed by atoms with Crippen molar-refractivity contribution in [2.75, 3.05) is 40.9 Å². The molecule has 0 aliphatic carbocycles. The van der Waals surface area contributed by atoms with E-state index in [0.29, 0.717) is 17.4 Å². The van der Waals surface area contributed by atoms with Crippen LogP contribution in [0.4, 0.5) is 0 Å². The number of nitrogens with one attached hydrogen (secondary N) is 1. The van der Waals surface area contributed by atoms with Gasteiger partial charge < -0.3 is 19.8 Å². The lowest BCUT2D eigenvalue weighted by atomic mass is 10.0. The van der Waals surface area contributed by atoms with Gasteiger partial charge in [-0.05, 0) is 109 Å². The SMILES string of the molecule is CC/C=C\C/C=C\C/C=C\C/C=C\C/C=C\C/C=C\C/C=C\C/C=C\CCCCCCC(=O)NC(COP(=O)(O)OCC[N+](C)(C)C)C(O)/C=C/CC/C=C/CC/C=C/CCCCCCCCCCCCCCCCCCCCCC. The summed E-state index contributed by atoms with van der Waals surface area (Å²) in [5.74, 6) is -0.219. The van der Waals surface area contributed by atoms with Crippen molar-refractivity contribution in [3.8, 4) is 0 Å². The van der Waals surface area contributed by atoms with Crippen molar-refractivity contribution in [2.45, 2.75) is 276 Å². The van der Waals surface area contributed by atoms with E-state index >= 15 is 0 Å². The Balaban J connectivity index is 4.29. The highest BCUT2D eigenvalue weighted by molar-refractivity contribution is 7.47. The van der Waals surface area contributed by atoms with Crippen molar-refractivity contribution < 1.29 is 32.9 Å². The van der Waals surface area contributed by atoms with Crippen LogP contribution in [0.5, 0.6) is 0 Å². The second kappa shape index (κ2) is 61.2. The fourth-order valence-corrected chi connectivity index (χ4v) is 9.71. The fraction of sp³-hybridized carbons (Fsp3) is 0.681. The third-order valence-corrected chi connectivity index (χ3v) is 15.1. The number of amides is 1. The Kier molecular flexibility index (Phi) is 58.7. The smallest absolute Gasteiger partial charge is 0.387 e. The second-order valence-corrected chi connectivity index (χ2v) is 24.5. The number of phosphoric acid groups is 1. The van der Waals surface area contributed by atoms with Gasteiger partial charge >= 0.3 is 7.82 Å². The van der Waals surface area contributed by atoms with E-state index in [1.165, 1.54) is 135 Å². The minimum Gasteiger partial charge on any atom is -0.387 e. The molecule has 0 heterocycles. The second-order valence-electron chi connectivity index (χ2n) is 23.1. The van der Waals surface area contributed by atoms with Crippen molar-refractivity contribution >= 4 is 13.7 Å². The van der Waals surface area contributed by atoms with Crippen molar-refractivity contribution in [1.29, 1.82) is 0 Å². The van der Waals surface area contributed by atoms with Crippen LogP contribution >= 0.6 is 7.82 Å². The molecule has 3 unspecified atom stereocenters. The van der Waals surface area contributed by atoms with Crippen LogP contribution in [0, 0.1) is 0 Å². The number of carbonyl (C=O) groups excluding carboxylic acids is 1. The number of likely N-dealkylation sites (N-methyl/N-ethyl adjacent to an activating group) is 1. The van der Waals surface area contributed by atoms with Crippen LogP contribution in [-0.4, -0.2) is 73.4 Å². The summed E-state index contributed by atoms with van der Waals surface area (Å²) < 4.78 is 23.7. The van der Waals surface area contributed by atoms with Gasteiger partial charge in [0.05, 0.1) is 39.9 Å². The van der Waals surface area contributed by atoms with E-state index in [9.17, 15) is 19.4 Å². The minimum absolute atomic E-state index is 0.0405. The zero-order chi connectivity index (χ0) is 59.1. The number of hydrogen-bond donors (Lipinski definition) is 3. The highest BCUT2D eigenvalue weighted by atomic mass is 31.2. The summed E-state index contributed by atoms with van der Waals surface area (Å²) in [5, 5.41) is 13.9. The topological polar surface area (TPSA) is 105 Å². The molecule has 0 aromatic carbocycles. The Morgan fingerprint density at radius 3 is 1.14 bits per heavy atom. The molecule has 0 spiro atoms. The molecule has 0 bridgehead atoms. The average molecular weight is 1150 g/mol. The maximum atomic E-state index is 13.0. The molecule has 0 fully saturated rings. The Morgan fingerprint density at radius 2 is 0.753 bits per heavy atom. The molecule has 8 nitrogen and oxygen atoms in total. The van der Waals surface area contributed by atoms with E-state index in [1.807, 2.05) is 27.2 Å². The molecule has 81 heavy (non-hydrogen) atoms. The van der Waals surface area contributed by atoms with Crippen molar-refractivity contribution in [2.24, 2.45) is 0 Å². The summed E-state index contributed by atoms with van der Waals surface area (Å²) >= 11 is 0. The van der Waals surface area contributed by atoms with Crippen LogP contribution in [0.25, 0.3) is 0 Å². The van der Waals surface area contributed by atoms with Crippen LogP contribution in [0.15, 0.2) is 134 Å². The number of quaternary nitrogens is 1. The Hall–Kier alpha value is -3.36. The average Bonchev–Trinajstić information content (AvgIpc) is 3.43. The molecule has 0 rings (SSSR count). The third kappa shape index (κ3) is 64.1. The number of carbonyl (C=O) groups is 1. The maximum Gasteiger partial charge on any atom is 0.472 e.